The van der Waals surface area contributed by atoms with E-state index in [2.05, 4.69) is 32.9 Å². The summed E-state index contributed by atoms with van der Waals surface area (Å²) in [6, 6.07) is 0. The molecule has 0 bridgehead atoms. The first kappa shape index (κ1) is 20.7. The molecule has 0 fully saturated rings. The van der Waals surface area contributed by atoms with Crippen molar-refractivity contribution in [2.45, 2.75) is 79.4 Å². The van der Waals surface area contributed by atoms with Gasteiger partial charge in [0.05, 0.1) is 6.10 Å². The Labute approximate surface area is 147 Å². The Morgan fingerprint density at radius 3 is 2.58 bits per heavy atom. The van der Waals surface area contributed by atoms with Crippen LogP contribution in [-0.4, -0.2) is 25.3 Å². The van der Waals surface area contributed by atoms with E-state index >= 15 is 0 Å². The zero-order valence-electron chi connectivity index (χ0n) is 16.4. The van der Waals surface area contributed by atoms with Crippen LogP contribution in [0.3, 0.4) is 0 Å². The van der Waals surface area contributed by atoms with Gasteiger partial charge in [-0.05, 0) is 57.9 Å². The van der Waals surface area contributed by atoms with Gasteiger partial charge in [0.15, 0.2) is 0 Å². The average Bonchev–Trinajstić information content (AvgIpc) is 2.55. The average molecular weight is 334 g/mol. The van der Waals surface area contributed by atoms with E-state index in [1.54, 1.807) is 20.1 Å². The number of carbonyl (C=O) groups is 1. The van der Waals surface area contributed by atoms with Gasteiger partial charge >= 0.3 is 5.97 Å². The van der Waals surface area contributed by atoms with E-state index in [4.69, 9.17) is 9.47 Å². The third kappa shape index (κ3) is 5.94. The van der Waals surface area contributed by atoms with Crippen LogP contribution in [0.15, 0.2) is 34.9 Å². The Morgan fingerprint density at radius 1 is 1.33 bits per heavy atom. The van der Waals surface area contributed by atoms with Crippen LogP contribution in [0.5, 0.6) is 0 Å². The minimum Gasteiger partial charge on any atom is -0.454 e. The van der Waals surface area contributed by atoms with E-state index in [0.717, 1.165) is 24.8 Å². The second-order valence-corrected chi connectivity index (χ2v) is 7.56. The zero-order valence-corrected chi connectivity index (χ0v) is 16.4. The lowest BCUT2D eigenvalue weighted by molar-refractivity contribution is -0.142. The molecule has 0 radical (unpaired) electrons. The van der Waals surface area contributed by atoms with E-state index in [1.807, 2.05) is 13.8 Å². The van der Waals surface area contributed by atoms with Gasteiger partial charge in [-0.2, -0.15) is 0 Å². The molecule has 24 heavy (non-hydrogen) atoms. The predicted octanol–water partition coefficient (Wildman–Crippen LogP) is 5.37. The van der Waals surface area contributed by atoms with Crippen LogP contribution in [0.2, 0.25) is 0 Å². The van der Waals surface area contributed by atoms with Gasteiger partial charge in [-0.15, -0.1) is 0 Å². The second kappa shape index (κ2) is 9.22. The maximum atomic E-state index is 12.2. The van der Waals surface area contributed by atoms with Crippen LogP contribution < -0.4 is 0 Å². The van der Waals surface area contributed by atoms with Crippen LogP contribution in [0.4, 0.5) is 0 Å². The highest BCUT2D eigenvalue weighted by Crippen LogP contribution is 2.33. The molecule has 1 aliphatic carbocycles. The lowest BCUT2D eigenvalue weighted by Crippen LogP contribution is -2.31. The monoisotopic (exact) mass is 334 g/mol. The third-order valence-electron chi connectivity index (χ3n) is 5.02. The quantitative estimate of drug-likeness (QED) is 0.395. The van der Waals surface area contributed by atoms with Gasteiger partial charge in [0.25, 0.3) is 0 Å². The summed E-state index contributed by atoms with van der Waals surface area (Å²) < 4.78 is 11.5. The fourth-order valence-electron chi connectivity index (χ4n) is 3.00. The van der Waals surface area contributed by atoms with Crippen molar-refractivity contribution in [3.63, 3.8) is 0 Å². The van der Waals surface area contributed by atoms with Gasteiger partial charge in [0.2, 0.25) is 0 Å². The maximum Gasteiger partial charge on any atom is 0.333 e. The van der Waals surface area contributed by atoms with Crippen LogP contribution in [0, 0.1) is 5.41 Å². The highest BCUT2D eigenvalue weighted by Gasteiger charge is 2.29. The molecule has 0 heterocycles. The standard InChI is InChI=1S/C21H34O3/c1-8-16(3)20(22)24-18-12-11-15(2)10-9-13-21(5,6)19(23-7)14-17(18)4/h8,11,14,18-19H,9-10,12-13H2,1-7H3/b15-11+,16-8-,17-14-/t18?,19-/m1/s1. The summed E-state index contributed by atoms with van der Waals surface area (Å²) in [6.07, 6.45) is 9.94. The van der Waals surface area contributed by atoms with Gasteiger partial charge in [-0.3, -0.25) is 0 Å². The zero-order chi connectivity index (χ0) is 18.3. The smallest absolute Gasteiger partial charge is 0.333 e. The summed E-state index contributed by atoms with van der Waals surface area (Å²) in [6.45, 7) is 12.3. The normalized spacial score (nSPS) is 30.4. The summed E-state index contributed by atoms with van der Waals surface area (Å²) in [5.74, 6) is -0.246. The van der Waals surface area contributed by atoms with Crippen LogP contribution in [0.25, 0.3) is 0 Å². The summed E-state index contributed by atoms with van der Waals surface area (Å²) in [5, 5.41) is 0. The molecule has 0 spiro atoms. The van der Waals surface area contributed by atoms with Gasteiger partial charge in [-0.1, -0.05) is 37.6 Å². The highest BCUT2D eigenvalue weighted by molar-refractivity contribution is 5.87. The predicted molar refractivity (Wildman–Crippen MR) is 99.9 cm³/mol. The Hall–Kier alpha value is -1.35. The van der Waals surface area contributed by atoms with E-state index in [9.17, 15) is 4.79 Å². The van der Waals surface area contributed by atoms with Gasteiger partial charge in [0.1, 0.15) is 6.10 Å². The van der Waals surface area contributed by atoms with E-state index in [1.165, 1.54) is 5.57 Å². The van der Waals surface area contributed by atoms with E-state index < -0.39 is 0 Å². The molecule has 0 aliphatic heterocycles. The van der Waals surface area contributed by atoms with Crippen molar-refractivity contribution in [1.82, 2.24) is 0 Å². The molecule has 136 valence electrons. The largest absolute Gasteiger partial charge is 0.454 e. The summed E-state index contributed by atoms with van der Waals surface area (Å²) in [5.41, 5.74) is 3.10. The molecule has 1 rings (SSSR count). The molecule has 0 aromatic rings. The molecule has 1 unspecified atom stereocenters. The lowest BCUT2D eigenvalue weighted by atomic mass is 9.80. The van der Waals surface area contributed by atoms with E-state index in [0.29, 0.717) is 12.0 Å². The molecule has 0 aromatic carbocycles. The number of esters is 1. The molecule has 3 heteroatoms. The number of allylic oxidation sites excluding steroid dienone is 2. The summed E-state index contributed by atoms with van der Waals surface area (Å²) in [7, 11) is 1.75. The number of methoxy groups -OCH3 is 1. The maximum absolute atomic E-state index is 12.2. The fourth-order valence-corrected chi connectivity index (χ4v) is 3.00. The number of hydrogen-bond acceptors (Lipinski definition) is 3. The molecule has 0 N–H and O–H groups in total. The van der Waals surface area contributed by atoms with E-state index in [-0.39, 0.29) is 23.6 Å². The fraction of sp³-hybridized carbons (Fsp3) is 0.667. The third-order valence-corrected chi connectivity index (χ3v) is 5.02. The molecule has 2 atom stereocenters. The molecule has 0 saturated carbocycles. The Bertz CT molecular complexity index is 523. The molecule has 0 aromatic heterocycles. The van der Waals surface area contributed by atoms with Crippen molar-refractivity contribution in [2.75, 3.05) is 7.11 Å². The van der Waals surface area contributed by atoms with Gasteiger partial charge in [-0.25, -0.2) is 4.79 Å². The molecule has 0 amide bonds. The molecule has 1 aliphatic rings. The van der Waals surface area contributed by atoms with Crippen molar-refractivity contribution < 1.29 is 14.3 Å². The molecular weight excluding hydrogens is 300 g/mol. The van der Waals surface area contributed by atoms with Crippen molar-refractivity contribution in [1.29, 1.82) is 0 Å². The first-order valence-corrected chi connectivity index (χ1v) is 8.92. The minimum atomic E-state index is -0.246. The first-order valence-electron chi connectivity index (χ1n) is 8.92. The second-order valence-electron chi connectivity index (χ2n) is 7.56. The van der Waals surface area contributed by atoms with Crippen molar-refractivity contribution in [3.8, 4) is 0 Å². The number of rotatable bonds is 3. The van der Waals surface area contributed by atoms with Crippen molar-refractivity contribution in [2.24, 2.45) is 5.41 Å². The van der Waals surface area contributed by atoms with Gasteiger partial charge < -0.3 is 9.47 Å². The van der Waals surface area contributed by atoms with Gasteiger partial charge in [0, 0.05) is 19.1 Å². The first-order chi connectivity index (χ1) is 11.2. The summed E-state index contributed by atoms with van der Waals surface area (Å²) >= 11 is 0. The topological polar surface area (TPSA) is 35.5 Å². The highest BCUT2D eigenvalue weighted by atomic mass is 16.5. The van der Waals surface area contributed by atoms with Crippen molar-refractivity contribution >= 4 is 5.97 Å². The van der Waals surface area contributed by atoms with Crippen molar-refractivity contribution in [3.05, 3.63) is 34.9 Å². The van der Waals surface area contributed by atoms with Crippen LogP contribution >= 0.6 is 0 Å². The molecular formula is C21H34O3. The molecule has 3 nitrogen and oxygen atoms in total. The molecule has 0 saturated heterocycles. The Balaban J connectivity index is 3.14. The van der Waals surface area contributed by atoms with Crippen LogP contribution in [0.1, 0.15) is 67.2 Å². The minimum absolute atomic E-state index is 0.0138. The Kier molecular flexibility index (Phi) is 7.95. The number of hydrogen-bond donors (Lipinski definition) is 0. The van der Waals surface area contributed by atoms with Crippen LogP contribution in [-0.2, 0) is 14.3 Å². The summed E-state index contributed by atoms with van der Waals surface area (Å²) in [4.78, 5) is 12.2. The SMILES string of the molecule is C/C=C(/C)C(=O)OC1C/C=C(\C)CCCC(C)(C)[C@H](OC)/C=C\1C. The lowest BCUT2D eigenvalue weighted by Gasteiger charge is -2.32. The number of carbonyl (C=O) groups excluding carboxylic acids is 1. The number of ether oxygens (including phenoxy) is 2. The Morgan fingerprint density at radius 2 is 2.00 bits per heavy atom.